The number of hydrogen-bond donors (Lipinski definition) is 1. The Morgan fingerprint density at radius 1 is 1.36 bits per heavy atom. The molecule has 1 aromatic rings. The predicted molar refractivity (Wildman–Crippen MR) is 90.2 cm³/mol. The molecule has 0 aromatic heterocycles. The molecule has 1 aliphatic heterocycles. The summed E-state index contributed by atoms with van der Waals surface area (Å²) < 4.78 is 11.1. The van der Waals surface area contributed by atoms with Crippen LogP contribution in [0.15, 0.2) is 30.3 Å². The molecule has 1 aromatic carbocycles. The van der Waals surface area contributed by atoms with Gasteiger partial charge >= 0.3 is 6.09 Å². The summed E-state index contributed by atoms with van der Waals surface area (Å²) in [4.78, 5) is 13.9. The molecule has 1 aliphatic rings. The van der Waals surface area contributed by atoms with Crippen LogP contribution in [0, 0.1) is 0 Å². The molecule has 2 atom stereocenters. The van der Waals surface area contributed by atoms with Crippen LogP contribution in [0.4, 0.5) is 4.79 Å². The fraction of sp³-hybridized carbons (Fsp3) is 0.588. The van der Waals surface area contributed by atoms with Gasteiger partial charge in [0.1, 0.15) is 0 Å². The van der Waals surface area contributed by atoms with E-state index in [9.17, 15) is 4.79 Å². The Kier molecular flexibility index (Phi) is 7.06. The molecule has 122 valence electrons. The number of rotatable bonds is 7. The maximum absolute atomic E-state index is 12.1. The zero-order chi connectivity index (χ0) is 15.8. The zero-order valence-corrected chi connectivity index (χ0v) is 14.0. The van der Waals surface area contributed by atoms with Crippen molar-refractivity contribution in [3.63, 3.8) is 0 Å². The van der Waals surface area contributed by atoms with Crippen molar-refractivity contribution in [3.05, 3.63) is 35.9 Å². The van der Waals surface area contributed by atoms with Crippen LogP contribution in [0.1, 0.15) is 31.7 Å². The quantitative estimate of drug-likeness (QED) is 0.616. The van der Waals surface area contributed by atoms with Crippen LogP contribution in [0.5, 0.6) is 0 Å². The first kappa shape index (κ1) is 17.2. The maximum atomic E-state index is 12.1. The van der Waals surface area contributed by atoms with Crippen LogP contribution >= 0.6 is 12.6 Å². The van der Waals surface area contributed by atoms with Gasteiger partial charge < -0.3 is 14.4 Å². The largest absolute Gasteiger partial charge is 0.449 e. The third-order valence-corrected chi connectivity index (χ3v) is 4.15. The van der Waals surface area contributed by atoms with Crippen molar-refractivity contribution >= 4 is 18.7 Å². The molecule has 0 radical (unpaired) electrons. The Bertz CT molecular complexity index is 454. The average Bonchev–Trinajstić information content (AvgIpc) is 2.89. The van der Waals surface area contributed by atoms with Crippen LogP contribution in [0.2, 0.25) is 0 Å². The molecular formula is C17H25NO3S. The van der Waals surface area contributed by atoms with E-state index in [4.69, 9.17) is 9.47 Å². The molecular weight excluding hydrogens is 298 g/mol. The molecule has 0 aliphatic carbocycles. The first-order valence-electron chi connectivity index (χ1n) is 7.93. The topological polar surface area (TPSA) is 38.8 Å². The highest BCUT2D eigenvalue weighted by Gasteiger charge is 2.34. The molecule has 22 heavy (non-hydrogen) atoms. The lowest BCUT2D eigenvalue weighted by Gasteiger charge is -2.23. The molecule has 2 rings (SSSR count). The van der Waals surface area contributed by atoms with Crippen LogP contribution < -0.4 is 0 Å². The standard InChI is InChI=1S/C17H25NO3S/c1-2-3-9-21-17(19)18-11-16(22)10-15(18)13-20-12-14-7-5-4-6-8-14/h4-8,15-16,22H,2-3,9-13H2,1H3. The average molecular weight is 323 g/mol. The lowest BCUT2D eigenvalue weighted by molar-refractivity contribution is 0.0514. The van der Waals surface area contributed by atoms with Gasteiger partial charge in [-0.2, -0.15) is 12.6 Å². The second-order valence-corrected chi connectivity index (χ2v) is 6.39. The van der Waals surface area contributed by atoms with Crippen LogP contribution in [0.3, 0.4) is 0 Å². The van der Waals surface area contributed by atoms with Crippen molar-refractivity contribution in [1.29, 1.82) is 0 Å². The van der Waals surface area contributed by atoms with E-state index in [1.807, 2.05) is 30.3 Å². The molecule has 1 fully saturated rings. The number of amides is 1. The molecule has 4 nitrogen and oxygen atoms in total. The molecule has 0 bridgehead atoms. The van der Waals surface area contributed by atoms with Crippen molar-refractivity contribution in [2.24, 2.45) is 0 Å². The first-order chi connectivity index (χ1) is 10.7. The SMILES string of the molecule is CCCCOC(=O)N1CC(S)CC1COCc1ccccc1. The minimum Gasteiger partial charge on any atom is -0.449 e. The van der Waals surface area contributed by atoms with Gasteiger partial charge in [-0.15, -0.1) is 0 Å². The van der Waals surface area contributed by atoms with E-state index < -0.39 is 0 Å². The van der Waals surface area contributed by atoms with Crippen molar-refractivity contribution in [3.8, 4) is 0 Å². The molecule has 1 saturated heterocycles. The summed E-state index contributed by atoms with van der Waals surface area (Å²) in [6.45, 7) is 4.28. The summed E-state index contributed by atoms with van der Waals surface area (Å²) in [5.41, 5.74) is 1.14. The summed E-state index contributed by atoms with van der Waals surface area (Å²) in [6.07, 6.45) is 2.53. The Hall–Kier alpha value is -1.20. The predicted octanol–water partition coefficient (Wildman–Crippen LogP) is 3.51. The number of thiol groups is 1. The van der Waals surface area contributed by atoms with Crippen molar-refractivity contribution < 1.29 is 14.3 Å². The Labute approximate surface area is 138 Å². The summed E-state index contributed by atoms with van der Waals surface area (Å²) in [5.74, 6) is 0. The summed E-state index contributed by atoms with van der Waals surface area (Å²) in [7, 11) is 0. The highest BCUT2D eigenvalue weighted by molar-refractivity contribution is 7.81. The summed E-state index contributed by atoms with van der Waals surface area (Å²) in [6, 6.07) is 10.1. The fourth-order valence-corrected chi connectivity index (χ4v) is 2.97. The van der Waals surface area contributed by atoms with Crippen LogP contribution in [0.25, 0.3) is 0 Å². The minimum absolute atomic E-state index is 0.0559. The number of ether oxygens (including phenoxy) is 2. The van der Waals surface area contributed by atoms with E-state index in [-0.39, 0.29) is 17.4 Å². The minimum atomic E-state index is -0.238. The number of unbranched alkanes of at least 4 members (excludes halogenated alkanes) is 1. The van der Waals surface area contributed by atoms with Crippen molar-refractivity contribution in [2.75, 3.05) is 19.8 Å². The molecule has 0 spiro atoms. The van der Waals surface area contributed by atoms with Gasteiger partial charge in [-0.3, -0.25) is 0 Å². The van der Waals surface area contributed by atoms with Crippen LogP contribution in [-0.2, 0) is 16.1 Å². The van der Waals surface area contributed by atoms with Gasteiger partial charge in [-0.05, 0) is 18.4 Å². The lowest BCUT2D eigenvalue weighted by Crippen LogP contribution is -2.39. The van der Waals surface area contributed by atoms with Gasteiger partial charge in [0.15, 0.2) is 0 Å². The number of carbonyl (C=O) groups is 1. The molecule has 2 unspecified atom stereocenters. The Morgan fingerprint density at radius 3 is 2.86 bits per heavy atom. The van der Waals surface area contributed by atoms with Gasteiger partial charge in [-0.1, -0.05) is 43.7 Å². The fourth-order valence-electron chi connectivity index (χ4n) is 2.55. The van der Waals surface area contributed by atoms with E-state index in [1.54, 1.807) is 4.90 Å². The highest BCUT2D eigenvalue weighted by atomic mass is 32.1. The normalized spacial score (nSPS) is 21.1. The summed E-state index contributed by atoms with van der Waals surface area (Å²) >= 11 is 4.50. The summed E-state index contributed by atoms with van der Waals surface area (Å²) in [5, 5.41) is 0.198. The second-order valence-electron chi connectivity index (χ2n) is 5.66. The molecule has 0 saturated carbocycles. The number of benzene rings is 1. The number of hydrogen-bond acceptors (Lipinski definition) is 4. The molecule has 5 heteroatoms. The maximum Gasteiger partial charge on any atom is 0.410 e. The van der Waals surface area contributed by atoms with Gasteiger partial charge in [-0.25, -0.2) is 4.79 Å². The van der Waals surface area contributed by atoms with E-state index in [0.29, 0.717) is 26.4 Å². The monoisotopic (exact) mass is 323 g/mol. The van der Waals surface area contributed by atoms with E-state index in [2.05, 4.69) is 19.6 Å². The number of nitrogens with zero attached hydrogens (tertiary/aromatic N) is 1. The van der Waals surface area contributed by atoms with Crippen LogP contribution in [-0.4, -0.2) is 42.0 Å². The van der Waals surface area contributed by atoms with Gasteiger partial charge in [0, 0.05) is 11.8 Å². The number of carbonyl (C=O) groups excluding carboxylic acids is 1. The van der Waals surface area contributed by atoms with Crippen molar-refractivity contribution in [2.45, 2.75) is 44.1 Å². The smallest absolute Gasteiger partial charge is 0.410 e. The molecule has 1 heterocycles. The van der Waals surface area contributed by atoms with E-state index in [0.717, 1.165) is 24.8 Å². The van der Waals surface area contributed by atoms with Gasteiger partial charge in [0.2, 0.25) is 0 Å². The highest BCUT2D eigenvalue weighted by Crippen LogP contribution is 2.23. The zero-order valence-electron chi connectivity index (χ0n) is 13.1. The van der Waals surface area contributed by atoms with Gasteiger partial charge in [0.05, 0.1) is 25.9 Å². The second kappa shape index (κ2) is 9.06. The van der Waals surface area contributed by atoms with Gasteiger partial charge in [0.25, 0.3) is 0 Å². The third kappa shape index (κ3) is 5.21. The number of likely N-dealkylation sites (tertiary alicyclic amines) is 1. The lowest BCUT2D eigenvalue weighted by atomic mass is 10.2. The molecule has 0 N–H and O–H groups in total. The third-order valence-electron chi connectivity index (χ3n) is 3.77. The Balaban J connectivity index is 1.78. The van der Waals surface area contributed by atoms with E-state index >= 15 is 0 Å². The Morgan fingerprint density at radius 2 is 2.14 bits per heavy atom. The van der Waals surface area contributed by atoms with Crippen molar-refractivity contribution in [1.82, 2.24) is 4.90 Å². The van der Waals surface area contributed by atoms with E-state index in [1.165, 1.54) is 0 Å². The molecule has 1 amide bonds. The first-order valence-corrected chi connectivity index (χ1v) is 8.45.